The number of nitrogens with one attached hydrogen (secondary N) is 2. The number of benzene rings is 1. The van der Waals surface area contributed by atoms with Gasteiger partial charge in [-0.25, -0.2) is 19.7 Å². The lowest BCUT2D eigenvalue weighted by Gasteiger charge is -2.16. The van der Waals surface area contributed by atoms with Gasteiger partial charge in [0.15, 0.2) is 0 Å². The number of nitrogens with zero attached hydrogens (tertiary/aromatic N) is 4. The molecule has 0 radical (unpaired) electrons. The third-order valence-corrected chi connectivity index (χ3v) is 3.63. The Morgan fingerprint density at radius 2 is 2.00 bits per heavy atom. The summed E-state index contributed by atoms with van der Waals surface area (Å²) in [4.78, 5) is 7.58. The van der Waals surface area contributed by atoms with Gasteiger partial charge in [-0.1, -0.05) is 0 Å². The Morgan fingerprint density at radius 1 is 1.16 bits per heavy atom. The molecule has 1 aromatic carbocycles. The average Bonchev–Trinajstić information content (AvgIpc) is 3.08. The van der Waals surface area contributed by atoms with E-state index in [-0.39, 0.29) is 12.1 Å². The summed E-state index contributed by atoms with van der Waals surface area (Å²) in [6.45, 7) is 0.178. The van der Waals surface area contributed by atoms with E-state index in [0.29, 0.717) is 11.3 Å². The van der Waals surface area contributed by atoms with Crippen LogP contribution in [0.15, 0.2) is 48.9 Å². The molecule has 3 aromatic rings. The molecule has 130 valence electrons. The van der Waals surface area contributed by atoms with Crippen molar-refractivity contribution in [1.29, 1.82) is 0 Å². The van der Waals surface area contributed by atoms with Crippen molar-refractivity contribution in [2.24, 2.45) is 0 Å². The van der Waals surface area contributed by atoms with E-state index in [0.717, 1.165) is 11.8 Å². The maximum Gasteiger partial charge on any atom is 0.135 e. The van der Waals surface area contributed by atoms with Gasteiger partial charge in [-0.15, -0.1) is 0 Å². The first-order chi connectivity index (χ1) is 12.0. The van der Waals surface area contributed by atoms with Gasteiger partial charge in [-0.2, -0.15) is 9.89 Å². The Hall–Kier alpha value is -3.00. The van der Waals surface area contributed by atoms with Gasteiger partial charge < -0.3 is 4.90 Å². The van der Waals surface area contributed by atoms with Crippen molar-refractivity contribution in [3.8, 4) is 11.3 Å². The molecule has 0 saturated carbocycles. The number of halogens is 2. The predicted molar refractivity (Wildman–Crippen MR) is 92.3 cm³/mol. The van der Waals surface area contributed by atoms with Crippen molar-refractivity contribution in [1.82, 2.24) is 20.3 Å². The number of hydrogen-bond donors (Lipinski definition) is 2. The molecule has 0 bridgehead atoms. The highest BCUT2D eigenvalue weighted by Gasteiger charge is 2.15. The zero-order valence-electron chi connectivity index (χ0n) is 13.9. The first-order valence-corrected chi connectivity index (χ1v) is 7.65. The molecule has 0 saturated heterocycles. The second-order valence-corrected chi connectivity index (χ2v) is 5.63. The highest BCUT2D eigenvalue weighted by molar-refractivity contribution is 5.68. The van der Waals surface area contributed by atoms with Crippen LogP contribution in [0.25, 0.3) is 11.3 Å². The van der Waals surface area contributed by atoms with Crippen LogP contribution in [0.2, 0.25) is 0 Å². The smallest absolute Gasteiger partial charge is 0.135 e. The monoisotopic (exact) mass is 344 g/mol. The molecule has 0 unspecified atom stereocenters. The lowest BCUT2D eigenvalue weighted by molar-refractivity contribution is 0.574. The summed E-state index contributed by atoms with van der Waals surface area (Å²) in [5.41, 5.74) is 7.72. The lowest BCUT2D eigenvalue weighted by atomic mass is 10.0. The summed E-state index contributed by atoms with van der Waals surface area (Å²) in [5, 5.41) is 3.97. The fourth-order valence-corrected chi connectivity index (χ4v) is 2.44. The minimum atomic E-state index is -0.653. The molecule has 2 heterocycles. The van der Waals surface area contributed by atoms with Crippen molar-refractivity contribution in [2.45, 2.75) is 6.54 Å². The number of aromatic nitrogens is 3. The van der Waals surface area contributed by atoms with Gasteiger partial charge in [0, 0.05) is 50.4 Å². The zero-order chi connectivity index (χ0) is 17.8. The summed E-state index contributed by atoms with van der Waals surface area (Å²) in [7, 11) is 3.77. The van der Waals surface area contributed by atoms with Crippen LogP contribution in [-0.2, 0) is 6.54 Å². The van der Waals surface area contributed by atoms with Crippen LogP contribution in [0.3, 0.4) is 0 Å². The van der Waals surface area contributed by atoms with Crippen LogP contribution in [-0.4, -0.2) is 29.0 Å². The Bertz CT molecular complexity index is 848. The van der Waals surface area contributed by atoms with Crippen LogP contribution in [0.4, 0.5) is 14.5 Å². The van der Waals surface area contributed by atoms with Crippen molar-refractivity contribution < 1.29 is 8.78 Å². The van der Waals surface area contributed by atoms with Crippen LogP contribution in [0.1, 0.15) is 5.56 Å². The molecule has 3 rings (SSSR count). The Labute approximate surface area is 144 Å². The Kier molecular flexibility index (Phi) is 4.90. The molecular weight excluding hydrogens is 326 g/mol. The predicted octanol–water partition coefficient (Wildman–Crippen LogP) is 2.54. The van der Waals surface area contributed by atoms with E-state index in [1.54, 1.807) is 30.7 Å². The van der Waals surface area contributed by atoms with Gasteiger partial charge >= 0.3 is 0 Å². The number of hydrogen-bond acceptors (Lipinski definition) is 5. The summed E-state index contributed by atoms with van der Waals surface area (Å²) >= 11 is 0. The van der Waals surface area contributed by atoms with Gasteiger partial charge in [-0.3, -0.25) is 4.98 Å². The average molecular weight is 344 g/mol. The second-order valence-electron chi connectivity index (χ2n) is 5.63. The lowest BCUT2D eigenvalue weighted by Crippen LogP contribution is -2.30. The third kappa shape index (κ3) is 3.92. The summed E-state index contributed by atoms with van der Waals surface area (Å²) in [6.07, 6.45) is 4.91. The molecule has 2 N–H and O–H groups in total. The molecule has 8 heteroatoms. The van der Waals surface area contributed by atoms with Gasteiger partial charge in [0.2, 0.25) is 0 Å². The van der Waals surface area contributed by atoms with E-state index in [9.17, 15) is 8.78 Å². The Morgan fingerprint density at radius 3 is 2.72 bits per heavy atom. The van der Waals surface area contributed by atoms with E-state index in [1.165, 1.54) is 10.9 Å². The minimum absolute atomic E-state index is 0.178. The quantitative estimate of drug-likeness (QED) is 0.673. The SMILES string of the molecule is CN(C)c1ccnc(-c2c(F)cc(F)cc2CNNn2cccn2)c1. The molecule has 2 aromatic heterocycles. The largest absolute Gasteiger partial charge is 0.378 e. The molecule has 25 heavy (non-hydrogen) atoms. The number of pyridine rings is 1. The van der Waals surface area contributed by atoms with E-state index in [4.69, 9.17) is 0 Å². The van der Waals surface area contributed by atoms with Crippen LogP contribution < -0.4 is 15.9 Å². The first kappa shape index (κ1) is 16.8. The topological polar surface area (TPSA) is 58.0 Å². The third-order valence-electron chi connectivity index (χ3n) is 3.63. The fourth-order valence-electron chi connectivity index (χ4n) is 2.44. The van der Waals surface area contributed by atoms with E-state index >= 15 is 0 Å². The van der Waals surface area contributed by atoms with Crippen molar-refractivity contribution in [3.63, 3.8) is 0 Å². The van der Waals surface area contributed by atoms with E-state index < -0.39 is 11.6 Å². The van der Waals surface area contributed by atoms with Crippen molar-refractivity contribution in [3.05, 3.63) is 66.1 Å². The number of hydrazine groups is 1. The van der Waals surface area contributed by atoms with Crippen molar-refractivity contribution in [2.75, 3.05) is 24.5 Å². The van der Waals surface area contributed by atoms with Crippen LogP contribution in [0.5, 0.6) is 0 Å². The highest BCUT2D eigenvalue weighted by Crippen LogP contribution is 2.28. The maximum atomic E-state index is 14.5. The fraction of sp³-hybridized carbons (Fsp3) is 0.176. The van der Waals surface area contributed by atoms with Crippen molar-refractivity contribution >= 4 is 5.69 Å². The molecule has 0 aliphatic rings. The maximum absolute atomic E-state index is 14.5. The summed E-state index contributed by atoms with van der Waals surface area (Å²) in [5.74, 6) is -1.29. The zero-order valence-corrected chi connectivity index (χ0v) is 13.9. The van der Waals surface area contributed by atoms with Gasteiger partial charge in [-0.05, 0) is 29.8 Å². The summed E-state index contributed by atoms with van der Waals surface area (Å²) in [6, 6.07) is 7.49. The standard InChI is InChI=1S/C17H18F2N6/c1-24(2)14-4-6-20-16(10-14)17-12(8-13(18)9-15(17)19)11-21-23-25-7-3-5-22-25/h3-10,21,23H,11H2,1-2H3. The van der Waals surface area contributed by atoms with E-state index in [2.05, 4.69) is 21.0 Å². The molecule has 6 nitrogen and oxygen atoms in total. The summed E-state index contributed by atoms with van der Waals surface area (Å²) < 4.78 is 28.2. The Balaban J connectivity index is 1.91. The molecule has 0 fully saturated rings. The van der Waals surface area contributed by atoms with Crippen LogP contribution in [0, 0.1) is 11.6 Å². The molecular formula is C17H18F2N6. The second kappa shape index (κ2) is 7.27. The molecule has 0 aliphatic carbocycles. The van der Waals surface area contributed by atoms with Gasteiger partial charge in [0.05, 0.1) is 11.9 Å². The number of rotatable bonds is 6. The molecule has 0 atom stereocenters. The molecule has 0 amide bonds. The highest BCUT2D eigenvalue weighted by atomic mass is 19.1. The van der Waals surface area contributed by atoms with Gasteiger partial charge in [0.1, 0.15) is 11.6 Å². The van der Waals surface area contributed by atoms with Crippen LogP contribution >= 0.6 is 0 Å². The number of anilines is 1. The minimum Gasteiger partial charge on any atom is -0.378 e. The normalized spacial score (nSPS) is 10.7. The first-order valence-electron chi connectivity index (χ1n) is 7.65. The van der Waals surface area contributed by atoms with E-state index in [1.807, 2.05) is 25.1 Å². The molecule has 0 spiro atoms. The van der Waals surface area contributed by atoms with Gasteiger partial charge in [0.25, 0.3) is 0 Å². The molecule has 0 aliphatic heterocycles.